The number of nitrogens with zero attached hydrogens (tertiary/aromatic N) is 1. The normalized spacial score (nSPS) is 18.5. The van der Waals surface area contributed by atoms with Gasteiger partial charge in [-0.3, -0.25) is 9.52 Å². The molecule has 0 spiro atoms. The summed E-state index contributed by atoms with van der Waals surface area (Å²) in [7, 11) is -6.57. The monoisotopic (exact) mass is 438 g/mol. The van der Waals surface area contributed by atoms with Crippen molar-refractivity contribution in [1.82, 2.24) is 0 Å². The Kier molecular flexibility index (Phi) is 5.37. The molecule has 1 heterocycles. The fourth-order valence-electron chi connectivity index (χ4n) is 2.89. The van der Waals surface area contributed by atoms with Gasteiger partial charge in [0.2, 0.25) is 15.9 Å². The predicted octanol–water partition coefficient (Wildman–Crippen LogP) is 1.59. The first-order chi connectivity index (χ1) is 13.5. The Morgan fingerprint density at radius 1 is 1.17 bits per heavy atom. The molecule has 1 saturated heterocycles. The van der Waals surface area contributed by atoms with Crippen LogP contribution in [0.4, 0.5) is 11.4 Å². The van der Waals surface area contributed by atoms with Crippen LogP contribution in [0.5, 0.6) is 0 Å². The Morgan fingerprint density at radius 3 is 2.38 bits per heavy atom. The summed E-state index contributed by atoms with van der Waals surface area (Å²) in [6, 6.07) is 10.7. The molecule has 0 unspecified atom stereocenters. The molecule has 9 nitrogen and oxygen atoms in total. The average Bonchev–Trinajstić information content (AvgIpc) is 2.87. The van der Waals surface area contributed by atoms with Crippen LogP contribution in [0.2, 0.25) is 0 Å². The molecule has 1 aliphatic rings. The number of ether oxygens (including phenoxy) is 1. The highest BCUT2D eigenvalue weighted by Gasteiger charge is 2.41. The number of rotatable bonds is 5. The molecule has 11 heteroatoms. The lowest BCUT2D eigenvalue weighted by atomic mass is 10.2. The third-order valence-electron chi connectivity index (χ3n) is 4.28. The Bertz CT molecular complexity index is 1170. The molecule has 0 saturated carbocycles. The van der Waals surface area contributed by atoms with Crippen molar-refractivity contribution in [2.24, 2.45) is 5.92 Å². The molecule has 2 aromatic rings. The Balaban J connectivity index is 1.86. The number of sulfonamides is 2. The molecule has 1 amide bonds. The standard InChI is InChI=1S/C18H18N2O7S2/c1-12-11-28(23,24)20(17(12)21)15-6-8-16(9-7-15)29(25,26)19-14-5-3-4-13(10-14)18(22)27-2/h3-10,12,19H,11H2,1-2H3/t12-/m1/s1. The third kappa shape index (κ3) is 4.10. The van der Waals surface area contributed by atoms with E-state index >= 15 is 0 Å². The van der Waals surface area contributed by atoms with Gasteiger partial charge in [-0.25, -0.2) is 25.9 Å². The van der Waals surface area contributed by atoms with Crippen LogP contribution in [-0.2, 0) is 29.6 Å². The van der Waals surface area contributed by atoms with Crippen LogP contribution in [0.3, 0.4) is 0 Å². The second kappa shape index (κ2) is 7.48. The maximum Gasteiger partial charge on any atom is 0.337 e. The summed E-state index contributed by atoms with van der Waals surface area (Å²) in [5.74, 6) is -2.11. The van der Waals surface area contributed by atoms with E-state index in [-0.39, 0.29) is 27.6 Å². The first kappa shape index (κ1) is 20.8. The molecule has 1 atom stereocenters. The van der Waals surface area contributed by atoms with Gasteiger partial charge in [0.25, 0.3) is 10.0 Å². The molecule has 0 aliphatic carbocycles. The summed E-state index contributed by atoms with van der Waals surface area (Å²) in [5, 5.41) is 0. The van der Waals surface area contributed by atoms with Gasteiger partial charge in [-0.15, -0.1) is 0 Å². The van der Waals surface area contributed by atoms with Crippen molar-refractivity contribution in [2.75, 3.05) is 21.9 Å². The van der Waals surface area contributed by atoms with E-state index in [1.54, 1.807) is 0 Å². The van der Waals surface area contributed by atoms with E-state index < -0.39 is 37.8 Å². The maximum absolute atomic E-state index is 12.6. The van der Waals surface area contributed by atoms with Gasteiger partial charge in [-0.2, -0.15) is 0 Å². The van der Waals surface area contributed by atoms with Gasteiger partial charge < -0.3 is 4.74 Å². The molecule has 2 aromatic carbocycles. The molecule has 154 valence electrons. The van der Waals surface area contributed by atoms with Crippen molar-refractivity contribution >= 4 is 43.3 Å². The number of anilines is 2. The number of amides is 1. The van der Waals surface area contributed by atoms with Crippen LogP contribution in [0.15, 0.2) is 53.4 Å². The minimum Gasteiger partial charge on any atom is -0.465 e. The third-order valence-corrected chi connectivity index (χ3v) is 7.54. The van der Waals surface area contributed by atoms with E-state index in [1.165, 1.54) is 62.6 Å². The zero-order chi connectivity index (χ0) is 21.4. The highest BCUT2D eigenvalue weighted by atomic mass is 32.2. The summed E-state index contributed by atoms with van der Waals surface area (Å²) >= 11 is 0. The highest BCUT2D eigenvalue weighted by molar-refractivity contribution is 7.94. The molecule has 0 radical (unpaired) electrons. The number of hydrogen-bond donors (Lipinski definition) is 1. The Morgan fingerprint density at radius 2 is 1.83 bits per heavy atom. The predicted molar refractivity (Wildman–Crippen MR) is 105 cm³/mol. The lowest BCUT2D eigenvalue weighted by Gasteiger charge is -2.16. The second-order valence-corrected chi connectivity index (χ2v) is 10.00. The largest absolute Gasteiger partial charge is 0.465 e. The zero-order valence-corrected chi connectivity index (χ0v) is 17.2. The summed E-state index contributed by atoms with van der Waals surface area (Å²) < 4.78 is 57.2. The number of carbonyl (C=O) groups is 2. The van der Waals surface area contributed by atoms with E-state index in [4.69, 9.17) is 0 Å². The molecule has 0 bridgehead atoms. The van der Waals surface area contributed by atoms with Crippen LogP contribution in [-0.4, -0.2) is 41.6 Å². The lowest BCUT2D eigenvalue weighted by molar-refractivity contribution is -0.119. The zero-order valence-electron chi connectivity index (χ0n) is 15.5. The average molecular weight is 438 g/mol. The van der Waals surface area contributed by atoms with Crippen molar-refractivity contribution in [2.45, 2.75) is 11.8 Å². The summed E-state index contributed by atoms with van der Waals surface area (Å²) in [4.78, 5) is 23.6. The smallest absolute Gasteiger partial charge is 0.337 e. The van der Waals surface area contributed by atoms with Crippen LogP contribution in [0, 0.1) is 5.92 Å². The minimum atomic E-state index is -4.01. The fourth-order valence-corrected chi connectivity index (χ4v) is 5.76. The SMILES string of the molecule is COC(=O)c1cccc(NS(=O)(=O)c2ccc(N3C(=O)[C@H](C)CS3(=O)=O)cc2)c1. The molecule has 1 N–H and O–H groups in total. The second-order valence-electron chi connectivity index (χ2n) is 6.45. The van der Waals surface area contributed by atoms with Crippen LogP contribution in [0.1, 0.15) is 17.3 Å². The van der Waals surface area contributed by atoms with Gasteiger partial charge in [0.1, 0.15) is 0 Å². The highest BCUT2D eigenvalue weighted by Crippen LogP contribution is 2.29. The van der Waals surface area contributed by atoms with Gasteiger partial charge in [0, 0.05) is 5.69 Å². The van der Waals surface area contributed by atoms with Gasteiger partial charge in [-0.1, -0.05) is 13.0 Å². The minimum absolute atomic E-state index is 0.0750. The van der Waals surface area contributed by atoms with Crippen molar-refractivity contribution in [1.29, 1.82) is 0 Å². The fraction of sp³-hybridized carbons (Fsp3) is 0.222. The molecule has 29 heavy (non-hydrogen) atoms. The molecule has 0 aromatic heterocycles. The topological polar surface area (TPSA) is 127 Å². The maximum atomic E-state index is 12.6. The summed E-state index contributed by atoms with van der Waals surface area (Å²) in [6.07, 6.45) is 0. The van der Waals surface area contributed by atoms with Crippen LogP contribution < -0.4 is 9.03 Å². The first-order valence-corrected chi connectivity index (χ1v) is 11.5. The number of carbonyl (C=O) groups excluding carboxylic acids is 2. The number of methoxy groups -OCH3 is 1. The van der Waals surface area contributed by atoms with Crippen molar-refractivity contribution in [3.8, 4) is 0 Å². The quantitative estimate of drug-likeness (QED) is 0.702. The molecule has 1 fully saturated rings. The molecule has 3 rings (SSSR count). The summed E-state index contributed by atoms with van der Waals surface area (Å²) in [5.41, 5.74) is 0.406. The lowest BCUT2D eigenvalue weighted by Crippen LogP contribution is -2.30. The Labute approximate surface area is 168 Å². The van der Waals surface area contributed by atoms with Crippen molar-refractivity contribution in [3.05, 3.63) is 54.1 Å². The number of benzene rings is 2. The molecular weight excluding hydrogens is 420 g/mol. The van der Waals surface area contributed by atoms with E-state index in [1.807, 2.05) is 0 Å². The molecule has 1 aliphatic heterocycles. The van der Waals surface area contributed by atoms with Gasteiger partial charge in [-0.05, 0) is 42.5 Å². The number of hydrogen-bond acceptors (Lipinski definition) is 7. The van der Waals surface area contributed by atoms with E-state index in [9.17, 15) is 26.4 Å². The van der Waals surface area contributed by atoms with E-state index in [0.717, 1.165) is 0 Å². The van der Waals surface area contributed by atoms with Crippen LogP contribution >= 0.6 is 0 Å². The number of nitrogens with one attached hydrogen (secondary N) is 1. The van der Waals surface area contributed by atoms with Crippen molar-refractivity contribution in [3.63, 3.8) is 0 Å². The van der Waals surface area contributed by atoms with Gasteiger partial charge in [0.15, 0.2) is 0 Å². The summed E-state index contributed by atoms with van der Waals surface area (Å²) in [6.45, 7) is 1.52. The molecular formula is C18H18N2O7S2. The van der Waals surface area contributed by atoms with Gasteiger partial charge >= 0.3 is 5.97 Å². The first-order valence-electron chi connectivity index (χ1n) is 8.43. The van der Waals surface area contributed by atoms with Crippen LogP contribution in [0.25, 0.3) is 0 Å². The van der Waals surface area contributed by atoms with E-state index in [2.05, 4.69) is 9.46 Å². The van der Waals surface area contributed by atoms with E-state index in [0.29, 0.717) is 4.31 Å². The van der Waals surface area contributed by atoms with Crippen molar-refractivity contribution < 1.29 is 31.2 Å². The Hall–Kier alpha value is -2.92. The number of esters is 1. The van der Waals surface area contributed by atoms with Gasteiger partial charge in [0.05, 0.1) is 34.9 Å².